The largest absolute Gasteiger partial charge is 0.344 e. The summed E-state index contributed by atoms with van der Waals surface area (Å²) >= 11 is 0. The minimum absolute atomic E-state index is 0.0424. The fraction of sp³-hybridized carbons (Fsp3) is 0.737. The number of carbonyl (C=O) groups is 1. The summed E-state index contributed by atoms with van der Waals surface area (Å²) in [6.07, 6.45) is 8.82. The Morgan fingerprint density at radius 1 is 1.36 bits per heavy atom. The molecule has 0 spiro atoms. The number of aryl methyl sites for hydroxylation is 2. The number of amides is 1. The molecule has 0 radical (unpaired) electrons. The Balaban J connectivity index is 1.42. The van der Waals surface area contributed by atoms with E-state index in [0.29, 0.717) is 12.5 Å². The van der Waals surface area contributed by atoms with Crippen LogP contribution in [0.25, 0.3) is 0 Å². The Bertz CT molecular complexity index is 678. The Kier molecular flexibility index (Phi) is 4.28. The first-order chi connectivity index (χ1) is 12.1. The molecule has 1 aliphatic heterocycles. The highest BCUT2D eigenvalue weighted by Crippen LogP contribution is 2.39. The molecule has 2 N–H and O–H groups in total. The van der Waals surface area contributed by atoms with Crippen molar-refractivity contribution in [3.63, 3.8) is 0 Å². The molecule has 3 aliphatic rings. The summed E-state index contributed by atoms with van der Waals surface area (Å²) in [5.41, 5.74) is 1.81. The van der Waals surface area contributed by atoms with E-state index in [0.717, 1.165) is 50.9 Å². The molecule has 2 aliphatic carbocycles. The van der Waals surface area contributed by atoms with Gasteiger partial charge in [-0.3, -0.25) is 9.69 Å². The van der Waals surface area contributed by atoms with Crippen molar-refractivity contribution in [1.29, 1.82) is 5.26 Å². The van der Waals surface area contributed by atoms with Crippen LogP contribution in [-0.4, -0.2) is 39.4 Å². The third kappa shape index (κ3) is 3.30. The van der Waals surface area contributed by atoms with E-state index in [4.69, 9.17) is 4.98 Å². The summed E-state index contributed by atoms with van der Waals surface area (Å²) in [7, 11) is 0. The number of nitriles is 1. The van der Waals surface area contributed by atoms with E-state index < -0.39 is 5.54 Å². The zero-order chi connectivity index (χ0) is 17.4. The molecule has 1 amide bonds. The smallest absolute Gasteiger partial charge is 0.235 e. The number of fused-ring (bicyclic) bond motifs is 1. The second-order valence-corrected chi connectivity index (χ2v) is 8.02. The third-order valence-electron chi connectivity index (χ3n) is 6.02. The lowest BCUT2D eigenvalue weighted by Gasteiger charge is -2.27. The fourth-order valence-electron chi connectivity index (χ4n) is 4.35. The van der Waals surface area contributed by atoms with Gasteiger partial charge in [-0.2, -0.15) is 5.26 Å². The summed E-state index contributed by atoms with van der Waals surface area (Å²) in [6, 6.07) is 2.50. The molecule has 6 nitrogen and oxygen atoms in total. The highest BCUT2D eigenvalue weighted by molar-refractivity contribution is 5.79. The molecular weight excluding hydrogens is 314 g/mol. The number of nitrogens with zero attached hydrogens (tertiary/aromatic N) is 3. The van der Waals surface area contributed by atoms with Crippen molar-refractivity contribution in [3.8, 4) is 6.07 Å². The Hall–Kier alpha value is -1.87. The molecule has 2 unspecified atom stereocenters. The molecular formula is C19H27N5O. The van der Waals surface area contributed by atoms with Gasteiger partial charge in [0.2, 0.25) is 5.91 Å². The van der Waals surface area contributed by atoms with Crippen LogP contribution in [0.2, 0.25) is 0 Å². The first-order valence-electron chi connectivity index (χ1n) is 9.63. The summed E-state index contributed by atoms with van der Waals surface area (Å²) in [4.78, 5) is 23.1. The summed E-state index contributed by atoms with van der Waals surface area (Å²) < 4.78 is 0. The van der Waals surface area contributed by atoms with Crippen LogP contribution < -0.4 is 5.32 Å². The standard InChI is InChI=1S/C19H27N5O/c1-19(12-20,13-8-9-13)23-17(25)11-24-10-4-7-16(24)18-21-14-5-2-3-6-15(14)22-18/h13,16H,2-11H2,1H3,(H,21,22)(H,23,25). The normalized spacial score (nSPS) is 25.8. The minimum atomic E-state index is -0.712. The van der Waals surface area contributed by atoms with Crippen LogP contribution in [0.4, 0.5) is 0 Å². The number of hydrogen-bond donors (Lipinski definition) is 2. The number of hydrogen-bond acceptors (Lipinski definition) is 4. The molecule has 0 aromatic carbocycles. The van der Waals surface area contributed by atoms with Gasteiger partial charge in [0.05, 0.1) is 24.3 Å². The predicted octanol–water partition coefficient (Wildman–Crippen LogP) is 2.23. The van der Waals surface area contributed by atoms with Crippen LogP contribution in [-0.2, 0) is 17.6 Å². The lowest BCUT2D eigenvalue weighted by atomic mass is 9.98. The van der Waals surface area contributed by atoms with Gasteiger partial charge in [0.25, 0.3) is 0 Å². The van der Waals surface area contributed by atoms with Gasteiger partial charge in [0.15, 0.2) is 0 Å². The first kappa shape index (κ1) is 16.6. The van der Waals surface area contributed by atoms with E-state index in [1.165, 1.54) is 24.2 Å². The topological polar surface area (TPSA) is 84.8 Å². The van der Waals surface area contributed by atoms with E-state index in [9.17, 15) is 10.1 Å². The van der Waals surface area contributed by atoms with E-state index in [2.05, 4.69) is 21.3 Å². The Morgan fingerprint density at radius 3 is 2.88 bits per heavy atom. The molecule has 6 heteroatoms. The number of carbonyl (C=O) groups excluding carboxylic acids is 1. The second kappa shape index (κ2) is 6.45. The van der Waals surface area contributed by atoms with Crippen LogP contribution >= 0.6 is 0 Å². The lowest BCUT2D eigenvalue weighted by molar-refractivity contribution is -0.123. The van der Waals surface area contributed by atoms with Crippen molar-refractivity contribution >= 4 is 5.91 Å². The van der Waals surface area contributed by atoms with E-state index in [-0.39, 0.29) is 11.9 Å². The monoisotopic (exact) mass is 341 g/mol. The molecule has 134 valence electrons. The summed E-state index contributed by atoms with van der Waals surface area (Å²) in [5.74, 6) is 1.30. The van der Waals surface area contributed by atoms with Gasteiger partial charge in [-0.15, -0.1) is 0 Å². The summed E-state index contributed by atoms with van der Waals surface area (Å²) in [5, 5.41) is 12.4. The zero-order valence-corrected chi connectivity index (χ0v) is 15.0. The fourth-order valence-corrected chi connectivity index (χ4v) is 4.35. The summed E-state index contributed by atoms with van der Waals surface area (Å²) in [6.45, 7) is 3.11. The number of imidazole rings is 1. The van der Waals surface area contributed by atoms with Crippen molar-refractivity contribution in [1.82, 2.24) is 20.2 Å². The second-order valence-electron chi connectivity index (χ2n) is 8.02. The number of rotatable bonds is 5. The van der Waals surface area contributed by atoms with Crippen LogP contribution in [0.5, 0.6) is 0 Å². The highest BCUT2D eigenvalue weighted by atomic mass is 16.2. The Labute approximate surface area is 149 Å². The highest BCUT2D eigenvalue weighted by Gasteiger charge is 2.43. The number of nitrogens with one attached hydrogen (secondary N) is 2. The van der Waals surface area contributed by atoms with Crippen LogP contribution in [0.15, 0.2) is 0 Å². The van der Waals surface area contributed by atoms with E-state index in [1.807, 2.05) is 6.92 Å². The first-order valence-corrected chi connectivity index (χ1v) is 9.63. The van der Waals surface area contributed by atoms with Gasteiger partial charge in [-0.1, -0.05) is 0 Å². The SMILES string of the molecule is CC(C#N)(NC(=O)CN1CCCC1c1nc2c([nH]1)CCCC2)C1CC1. The van der Waals surface area contributed by atoms with Gasteiger partial charge in [0, 0.05) is 5.69 Å². The molecule has 25 heavy (non-hydrogen) atoms. The molecule has 4 rings (SSSR count). The van der Waals surface area contributed by atoms with E-state index in [1.54, 1.807) is 0 Å². The van der Waals surface area contributed by atoms with Crippen LogP contribution in [0.1, 0.15) is 68.7 Å². The zero-order valence-electron chi connectivity index (χ0n) is 15.0. The predicted molar refractivity (Wildman–Crippen MR) is 93.7 cm³/mol. The molecule has 2 fully saturated rings. The maximum atomic E-state index is 12.5. The average molecular weight is 341 g/mol. The molecule has 1 aromatic rings. The molecule has 2 heterocycles. The number of H-pyrrole nitrogens is 1. The lowest BCUT2D eigenvalue weighted by Crippen LogP contribution is -2.50. The van der Waals surface area contributed by atoms with Crippen LogP contribution in [0, 0.1) is 17.2 Å². The number of aromatic amines is 1. The quantitative estimate of drug-likeness (QED) is 0.860. The molecule has 0 bridgehead atoms. The van der Waals surface area contributed by atoms with Crippen molar-refractivity contribution in [2.45, 2.75) is 69.9 Å². The molecule has 1 saturated carbocycles. The minimum Gasteiger partial charge on any atom is -0.344 e. The van der Waals surface area contributed by atoms with Crippen molar-refractivity contribution in [3.05, 3.63) is 17.2 Å². The molecule has 1 aromatic heterocycles. The van der Waals surface area contributed by atoms with Crippen molar-refractivity contribution in [2.75, 3.05) is 13.1 Å². The van der Waals surface area contributed by atoms with Gasteiger partial charge < -0.3 is 10.3 Å². The number of likely N-dealkylation sites (tertiary alicyclic amines) is 1. The van der Waals surface area contributed by atoms with Gasteiger partial charge in [-0.25, -0.2) is 4.98 Å². The van der Waals surface area contributed by atoms with Gasteiger partial charge >= 0.3 is 0 Å². The maximum absolute atomic E-state index is 12.5. The average Bonchev–Trinajstić information content (AvgIpc) is 3.23. The van der Waals surface area contributed by atoms with Gasteiger partial charge in [0.1, 0.15) is 11.4 Å². The number of aromatic nitrogens is 2. The van der Waals surface area contributed by atoms with Gasteiger partial charge in [-0.05, 0) is 70.8 Å². The maximum Gasteiger partial charge on any atom is 0.235 e. The van der Waals surface area contributed by atoms with Crippen LogP contribution in [0.3, 0.4) is 0 Å². The van der Waals surface area contributed by atoms with Crippen molar-refractivity contribution in [2.24, 2.45) is 5.92 Å². The third-order valence-corrected chi connectivity index (χ3v) is 6.02. The molecule has 2 atom stereocenters. The van der Waals surface area contributed by atoms with Crippen molar-refractivity contribution < 1.29 is 4.79 Å². The van der Waals surface area contributed by atoms with E-state index >= 15 is 0 Å². The Morgan fingerprint density at radius 2 is 2.16 bits per heavy atom. The molecule has 1 saturated heterocycles.